The van der Waals surface area contributed by atoms with E-state index in [1.165, 1.54) is 0 Å². The van der Waals surface area contributed by atoms with Crippen molar-refractivity contribution in [3.05, 3.63) is 0 Å². The molecule has 3 heterocycles. The van der Waals surface area contributed by atoms with Crippen LogP contribution >= 0.6 is 0 Å². The fraction of sp³-hybridized carbons (Fsp3) is 0.789. The fourth-order valence-corrected chi connectivity index (χ4v) is 4.30. The van der Waals surface area contributed by atoms with Crippen LogP contribution in [0.5, 0.6) is 0 Å². The number of hydrogen-bond donors (Lipinski definition) is 10. The summed E-state index contributed by atoms with van der Waals surface area (Å²) >= 11 is 0. The zero-order valence-electron chi connectivity index (χ0n) is 19.0. The van der Waals surface area contributed by atoms with Gasteiger partial charge >= 0.3 is 6.09 Å². The number of nitrogens with one attached hydrogen (secondary N) is 4. The number of rotatable bonds is 9. The van der Waals surface area contributed by atoms with E-state index in [0.717, 1.165) is 0 Å². The van der Waals surface area contributed by atoms with Gasteiger partial charge in [-0.25, -0.2) is 9.79 Å². The molecule has 0 radical (unpaired) electrons. The molecule has 198 valence electrons. The predicted octanol–water partition coefficient (Wildman–Crippen LogP) is -5.75. The van der Waals surface area contributed by atoms with Crippen LogP contribution in [0.1, 0.15) is 19.3 Å². The summed E-state index contributed by atoms with van der Waals surface area (Å²) in [6.45, 7) is -0.171. The summed E-state index contributed by atoms with van der Waals surface area (Å²) in [5.41, 5.74) is 16.5. The minimum absolute atomic E-state index is 0.0518. The molecule has 0 aromatic carbocycles. The maximum Gasteiger partial charge on any atom is 0.404 e. The Hall–Kier alpha value is -2.76. The Labute approximate surface area is 200 Å². The van der Waals surface area contributed by atoms with Gasteiger partial charge in [-0.05, 0) is 19.4 Å². The van der Waals surface area contributed by atoms with Gasteiger partial charge in [0, 0.05) is 19.0 Å². The van der Waals surface area contributed by atoms with E-state index in [-0.39, 0.29) is 24.8 Å². The van der Waals surface area contributed by atoms with Crippen LogP contribution in [0.15, 0.2) is 4.99 Å². The number of hydrogen-bond acceptors (Lipinski definition) is 13. The Kier molecular flexibility index (Phi) is 9.03. The zero-order chi connectivity index (χ0) is 25.7. The van der Waals surface area contributed by atoms with Crippen LogP contribution in [0.2, 0.25) is 0 Å². The number of nitrogens with zero attached hydrogens (tertiary/aromatic N) is 1. The Balaban J connectivity index is 1.77. The number of β-amino-alcohol motifs (C(OH)–C–C–N with tert-alkyl or cyclic N) is 1. The van der Waals surface area contributed by atoms with Crippen molar-refractivity contribution >= 4 is 23.9 Å². The number of carbonyl (C=O) groups is 3. The molecule has 0 aromatic rings. The van der Waals surface area contributed by atoms with Gasteiger partial charge in [0.1, 0.15) is 18.2 Å². The molecule has 16 nitrogen and oxygen atoms in total. The summed E-state index contributed by atoms with van der Waals surface area (Å²) in [5.74, 6) is -0.828. The first-order chi connectivity index (χ1) is 16.6. The molecule has 0 aliphatic carbocycles. The van der Waals surface area contributed by atoms with Crippen LogP contribution in [0.3, 0.4) is 0 Å². The van der Waals surface area contributed by atoms with Gasteiger partial charge in [-0.1, -0.05) is 0 Å². The molecular weight excluding hydrogens is 468 g/mol. The Morgan fingerprint density at radius 1 is 1.34 bits per heavy atom. The summed E-state index contributed by atoms with van der Waals surface area (Å²) in [7, 11) is 0. The van der Waals surface area contributed by atoms with E-state index in [1.54, 1.807) is 0 Å². The number of aliphatic imine (C=N–C) groups is 1. The molecule has 3 aliphatic rings. The van der Waals surface area contributed by atoms with Crippen molar-refractivity contribution < 1.29 is 39.2 Å². The van der Waals surface area contributed by atoms with E-state index in [1.807, 2.05) is 0 Å². The lowest BCUT2D eigenvalue weighted by atomic mass is 9.95. The molecule has 16 heteroatoms. The van der Waals surface area contributed by atoms with E-state index in [0.29, 0.717) is 19.4 Å². The average molecular weight is 503 g/mol. The zero-order valence-corrected chi connectivity index (χ0v) is 19.0. The van der Waals surface area contributed by atoms with E-state index < -0.39 is 73.4 Å². The van der Waals surface area contributed by atoms with Crippen molar-refractivity contribution in [3.63, 3.8) is 0 Å². The second-order valence-electron chi connectivity index (χ2n) is 8.71. The van der Waals surface area contributed by atoms with E-state index in [2.05, 4.69) is 26.3 Å². The molecule has 0 spiro atoms. The van der Waals surface area contributed by atoms with Crippen molar-refractivity contribution in [1.29, 1.82) is 0 Å². The molecule has 3 aliphatic heterocycles. The van der Waals surface area contributed by atoms with Crippen LogP contribution in [0.25, 0.3) is 0 Å². The van der Waals surface area contributed by atoms with Gasteiger partial charge < -0.3 is 63.3 Å². The van der Waals surface area contributed by atoms with Crippen molar-refractivity contribution in [2.75, 3.05) is 19.7 Å². The predicted molar refractivity (Wildman–Crippen MR) is 119 cm³/mol. The van der Waals surface area contributed by atoms with Crippen LogP contribution in [0.4, 0.5) is 4.79 Å². The third kappa shape index (κ3) is 6.47. The van der Waals surface area contributed by atoms with Gasteiger partial charge in [0.2, 0.25) is 11.8 Å². The van der Waals surface area contributed by atoms with E-state index in [4.69, 9.17) is 26.7 Å². The normalized spacial score (nSPS) is 35.1. The first kappa shape index (κ1) is 26.8. The maximum atomic E-state index is 12.7. The number of fused-ring (bicyclic) bond motifs is 1. The summed E-state index contributed by atoms with van der Waals surface area (Å²) in [6.07, 6.45) is -6.36. The lowest BCUT2D eigenvalue weighted by Gasteiger charge is -2.44. The van der Waals surface area contributed by atoms with Gasteiger partial charge in [-0.15, -0.1) is 0 Å². The Morgan fingerprint density at radius 2 is 2.09 bits per heavy atom. The first-order valence-electron chi connectivity index (χ1n) is 11.4. The minimum atomic E-state index is -1.55. The molecule has 9 atom stereocenters. The van der Waals surface area contributed by atoms with Crippen molar-refractivity contribution in [2.24, 2.45) is 22.2 Å². The van der Waals surface area contributed by atoms with Crippen LogP contribution in [-0.4, -0.2) is 114 Å². The standard InChI is InChI=1S/C19H34N8O8/c20-3-1-2-7(21)4-10(30)24-13-14(31)15(35-18(22)33)9(6-28)34-17(13)27-19-25-11-8(29)5-23-16(32)12(11)26-19/h7-9,11-15,17,28-29,31H,1-6,20-21H2,(H2,22,33)(H,23,32)(H,24,30)(H2,25,26,27)/t7-,8+,9+,11+,12+,13+,14-,15-,17+/m0/s1. The highest BCUT2D eigenvalue weighted by Crippen LogP contribution is 2.24. The smallest absolute Gasteiger partial charge is 0.404 e. The van der Waals surface area contributed by atoms with E-state index >= 15 is 0 Å². The highest BCUT2D eigenvalue weighted by atomic mass is 16.6. The number of primary amides is 1. The van der Waals surface area contributed by atoms with Gasteiger partial charge in [0.05, 0.1) is 18.8 Å². The molecule has 2 saturated heterocycles. The lowest BCUT2D eigenvalue weighted by molar-refractivity contribution is -0.198. The summed E-state index contributed by atoms with van der Waals surface area (Å²) in [5, 5.41) is 41.7. The molecule has 0 unspecified atom stereocenters. The number of aliphatic hydroxyl groups is 3. The van der Waals surface area contributed by atoms with Crippen molar-refractivity contribution in [1.82, 2.24) is 21.3 Å². The molecule has 2 fully saturated rings. The Morgan fingerprint density at radius 3 is 2.71 bits per heavy atom. The summed E-state index contributed by atoms with van der Waals surface area (Å²) < 4.78 is 10.7. The third-order valence-corrected chi connectivity index (χ3v) is 6.06. The molecule has 0 aromatic heterocycles. The quantitative estimate of drug-likeness (QED) is 0.141. The number of piperidine rings is 1. The number of nitrogens with two attached hydrogens (primary N) is 3. The highest BCUT2D eigenvalue weighted by Gasteiger charge is 2.49. The van der Waals surface area contributed by atoms with Gasteiger partial charge in [-0.3, -0.25) is 9.59 Å². The van der Waals surface area contributed by atoms with Crippen LogP contribution in [-0.2, 0) is 19.1 Å². The molecule has 3 amide bonds. The molecule has 0 saturated carbocycles. The molecule has 0 bridgehead atoms. The second-order valence-corrected chi connectivity index (χ2v) is 8.71. The number of ether oxygens (including phenoxy) is 2. The van der Waals surface area contributed by atoms with Crippen LogP contribution < -0.4 is 38.5 Å². The Bertz CT molecular complexity index is 816. The number of amides is 3. The highest BCUT2D eigenvalue weighted by molar-refractivity contribution is 5.92. The number of carbonyl (C=O) groups excluding carboxylic acids is 3. The minimum Gasteiger partial charge on any atom is -0.441 e. The van der Waals surface area contributed by atoms with Crippen LogP contribution in [0, 0.1) is 0 Å². The molecular formula is C19H34N8O8. The first-order valence-corrected chi connectivity index (χ1v) is 11.4. The summed E-state index contributed by atoms with van der Waals surface area (Å²) in [4.78, 5) is 40.3. The SMILES string of the molecule is NCCC[C@H](N)CC(=O)N[C@@H]1[C@H](O)[C@@H](OC(N)=O)[C@@H](CO)O[C@H]1NC1=N[C@H]2C(=O)NC[C@@H](O)[C@H]2N1. The van der Waals surface area contributed by atoms with E-state index in [9.17, 15) is 29.7 Å². The molecule has 13 N–H and O–H groups in total. The van der Waals surface area contributed by atoms with Gasteiger partial charge in [0.25, 0.3) is 0 Å². The topological polar surface area (TPSA) is 269 Å². The number of guanidine groups is 1. The molecule has 3 rings (SSSR count). The summed E-state index contributed by atoms with van der Waals surface area (Å²) in [6, 6.07) is -3.27. The maximum absolute atomic E-state index is 12.7. The van der Waals surface area contributed by atoms with Crippen molar-refractivity contribution in [2.45, 2.75) is 74.1 Å². The largest absolute Gasteiger partial charge is 0.441 e. The fourth-order valence-electron chi connectivity index (χ4n) is 4.30. The molecule has 35 heavy (non-hydrogen) atoms. The van der Waals surface area contributed by atoms with Crippen molar-refractivity contribution in [3.8, 4) is 0 Å². The third-order valence-electron chi connectivity index (χ3n) is 6.06. The monoisotopic (exact) mass is 502 g/mol. The average Bonchev–Trinajstić information content (AvgIpc) is 3.24. The van der Waals surface area contributed by atoms with Gasteiger partial charge in [-0.2, -0.15) is 0 Å². The number of aliphatic hydroxyl groups excluding tert-OH is 3. The second kappa shape index (κ2) is 11.8. The lowest BCUT2D eigenvalue weighted by Crippen LogP contribution is -2.70. The van der Waals surface area contributed by atoms with Gasteiger partial charge in [0.15, 0.2) is 24.3 Å².